The monoisotopic (exact) mass is 362 g/mol. The summed E-state index contributed by atoms with van der Waals surface area (Å²) in [6, 6.07) is 16.8. The second-order valence-electron chi connectivity index (χ2n) is 6.87. The molecule has 0 spiro atoms. The van der Waals surface area contributed by atoms with Gasteiger partial charge in [-0.2, -0.15) is 0 Å². The van der Waals surface area contributed by atoms with Gasteiger partial charge in [-0.15, -0.1) is 0 Å². The zero-order valence-electron chi connectivity index (χ0n) is 15.2. The fourth-order valence-corrected chi connectivity index (χ4v) is 4.13. The van der Waals surface area contributed by atoms with Crippen LogP contribution in [0.3, 0.4) is 0 Å². The molecule has 4 nitrogen and oxygen atoms in total. The third kappa shape index (κ3) is 2.88. The predicted octanol–water partition coefficient (Wildman–Crippen LogP) is 4.51. The Morgan fingerprint density at radius 3 is 2.54 bits per heavy atom. The molecule has 4 rings (SSSR count). The number of benzene rings is 1. The maximum Gasteiger partial charge on any atom is 0.174 e. The fraction of sp³-hybridized carbons (Fsp3) is 0.238. The maximum atomic E-state index is 5.75. The summed E-state index contributed by atoms with van der Waals surface area (Å²) in [5.74, 6) is 0. The second kappa shape index (κ2) is 6.57. The van der Waals surface area contributed by atoms with Gasteiger partial charge in [0.05, 0.1) is 17.8 Å². The molecule has 1 aliphatic rings. The Morgan fingerprint density at radius 2 is 1.88 bits per heavy atom. The number of hydrogen-bond donors (Lipinski definition) is 2. The summed E-state index contributed by atoms with van der Waals surface area (Å²) in [4.78, 5) is 10.3. The standard InChI is InChI=1S/C21H22N4S/c1-13-7-6-8-16(11-13)25-20(17-12-14(2)23-15(17)3)19(24-21(25)26)18-9-4-5-10-22-18/h4-12,19-20,23H,1-3H3,(H,24,26)/t19-,20-/m0/s1. The van der Waals surface area contributed by atoms with Crippen molar-refractivity contribution in [2.75, 3.05) is 4.90 Å². The predicted molar refractivity (Wildman–Crippen MR) is 109 cm³/mol. The summed E-state index contributed by atoms with van der Waals surface area (Å²) in [6.07, 6.45) is 1.83. The van der Waals surface area contributed by atoms with Crippen molar-refractivity contribution in [3.63, 3.8) is 0 Å². The molecule has 26 heavy (non-hydrogen) atoms. The Kier molecular flexibility index (Phi) is 4.24. The van der Waals surface area contributed by atoms with Gasteiger partial charge in [-0.1, -0.05) is 18.2 Å². The van der Waals surface area contributed by atoms with Crippen molar-refractivity contribution in [2.45, 2.75) is 32.9 Å². The molecule has 1 aliphatic heterocycles. The van der Waals surface area contributed by atoms with Crippen LogP contribution in [0.25, 0.3) is 0 Å². The van der Waals surface area contributed by atoms with E-state index in [1.165, 1.54) is 11.1 Å². The van der Waals surface area contributed by atoms with Gasteiger partial charge in [0, 0.05) is 23.3 Å². The first kappa shape index (κ1) is 16.8. The minimum atomic E-state index is -0.00175. The van der Waals surface area contributed by atoms with Crippen LogP contribution in [-0.4, -0.2) is 15.1 Å². The van der Waals surface area contributed by atoms with Crippen molar-refractivity contribution in [3.05, 3.63) is 82.9 Å². The van der Waals surface area contributed by atoms with Crippen molar-refractivity contribution in [2.24, 2.45) is 0 Å². The van der Waals surface area contributed by atoms with E-state index >= 15 is 0 Å². The number of nitrogens with one attached hydrogen (secondary N) is 2. The lowest BCUT2D eigenvalue weighted by Gasteiger charge is -2.28. The average molecular weight is 363 g/mol. The van der Waals surface area contributed by atoms with Gasteiger partial charge in [-0.25, -0.2) is 0 Å². The quantitative estimate of drug-likeness (QED) is 0.673. The van der Waals surface area contributed by atoms with E-state index in [4.69, 9.17) is 12.2 Å². The van der Waals surface area contributed by atoms with Crippen LogP contribution < -0.4 is 10.2 Å². The van der Waals surface area contributed by atoms with E-state index in [1.54, 1.807) is 0 Å². The number of thiocarbonyl (C=S) groups is 1. The first-order valence-electron chi connectivity index (χ1n) is 8.78. The average Bonchev–Trinajstić information content (AvgIpc) is 3.14. The van der Waals surface area contributed by atoms with Crippen LogP contribution in [0.2, 0.25) is 0 Å². The van der Waals surface area contributed by atoms with Crippen LogP contribution >= 0.6 is 12.2 Å². The van der Waals surface area contributed by atoms with Crippen LogP contribution in [0.4, 0.5) is 5.69 Å². The molecular weight excluding hydrogens is 340 g/mol. The Labute approximate surface area is 159 Å². The maximum absolute atomic E-state index is 5.75. The Balaban J connectivity index is 1.87. The Bertz CT molecular complexity index is 948. The molecule has 0 radical (unpaired) electrons. The lowest BCUT2D eigenvalue weighted by atomic mass is 9.96. The number of H-pyrrole nitrogens is 1. The minimum Gasteiger partial charge on any atom is -0.362 e. The molecule has 1 aromatic carbocycles. The lowest BCUT2D eigenvalue weighted by molar-refractivity contribution is 0.566. The topological polar surface area (TPSA) is 44.0 Å². The number of rotatable bonds is 3. The van der Waals surface area contributed by atoms with Gasteiger partial charge in [0.1, 0.15) is 0 Å². The molecule has 5 heteroatoms. The number of nitrogens with zero attached hydrogens (tertiary/aromatic N) is 2. The van der Waals surface area contributed by atoms with Crippen LogP contribution in [0.5, 0.6) is 0 Å². The molecule has 2 aromatic heterocycles. The molecule has 2 atom stereocenters. The van der Waals surface area contributed by atoms with Crippen LogP contribution in [0.15, 0.2) is 54.7 Å². The minimum absolute atomic E-state index is 0.00175. The van der Waals surface area contributed by atoms with Crippen LogP contribution in [0, 0.1) is 20.8 Å². The van der Waals surface area contributed by atoms with Gasteiger partial charge in [-0.05, 0) is 74.4 Å². The van der Waals surface area contributed by atoms with Gasteiger partial charge in [0.25, 0.3) is 0 Å². The summed E-state index contributed by atoms with van der Waals surface area (Å²) in [7, 11) is 0. The van der Waals surface area contributed by atoms with Gasteiger partial charge in [-0.3, -0.25) is 4.98 Å². The molecule has 2 N–H and O–H groups in total. The number of aromatic nitrogens is 2. The van der Waals surface area contributed by atoms with Crippen LogP contribution in [0.1, 0.15) is 40.3 Å². The third-order valence-electron chi connectivity index (χ3n) is 4.89. The Morgan fingerprint density at radius 1 is 1.04 bits per heavy atom. The normalized spacial score (nSPS) is 19.7. The zero-order chi connectivity index (χ0) is 18.3. The van der Waals surface area contributed by atoms with E-state index in [0.29, 0.717) is 0 Å². The molecule has 0 amide bonds. The van der Waals surface area contributed by atoms with E-state index in [2.05, 4.69) is 77.4 Å². The summed E-state index contributed by atoms with van der Waals surface area (Å²) in [5, 5.41) is 4.24. The highest BCUT2D eigenvalue weighted by atomic mass is 32.1. The zero-order valence-corrected chi connectivity index (χ0v) is 16.0. The van der Waals surface area contributed by atoms with Crippen molar-refractivity contribution >= 4 is 23.0 Å². The fourth-order valence-electron chi connectivity index (χ4n) is 3.78. The number of aromatic amines is 1. The highest BCUT2D eigenvalue weighted by Gasteiger charge is 2.41. The van der Waals surface area contributed by atoms with Gasteiger partial charge in [0.2, 0.25) is 0 Å². The molecule has 132 valence electrons. The summed E-state index contributed by atoms with van der Waals surface area (Å²) in [5.41, 5.74) is 6.87. The van der Waals surface area contributed by atoms with Gasteiger partial charge < -0.3 is 15.2 Å². The summed E-state index contributed by atoms with van der Waals surface area (Å²) >= 11 is 5.75. The molecule has 1 saturated heterocycles. The Hall–Kier alpha value is -2.66. The third-order valence-corrected chi connectivity index (χ3v) is 5.20. The van der Waals surface area contributed by atoms with Gasteiger partial charge in [0.15, 0.2) is 5.11 Å². The van der Waals surface area contributed by atoms with E-state index < -0.39 is 0 Å². The highest BCUT2D eigenvalue weighted by Crippen LogP contribution is 2.42. The largest absolute Gasteiger partial charge is 0.362 e. The SMILES string of the molecule is Cc1cccc(N2C(=S)N[C@@H](c3ccccn3)[C@@H]2c2cc(C)[nH]c2C)c1. The van der Waals surface area contributed by atoms with E-state index in [1.807, 2.05) is 18.3 Å². The molecular formula is C21H22N4S. The van der Waals surface area contributed by atoms with E-state index in [9.17, 15) is 0 Å². The lowest BCUT2D eigenvalue weighted by Crippen LogP contribution is -2.29. The number of hydrogen-bond acceptors (Lipinski definition) is 2. The van der Waals surface area contributed by atoms with Gasteiger partial charge >= 0.3 is 0 Å². The summed E-state index contributed by atoms with van der Waals surface area (Å²) < 4.78 is 0. The van der Waals surface area contributed by atoms with Crippen LogP contribution in [-0.2, 0) is 0 Å². The molecule has 3 heterocycles. The molecule has 3 aromatic rings. The molecule has 0 bridgehead atoms. The van der Waals surface area contributed by atoms with Crippen molar-refractivity contribution in [3.8, 4) is 0 Å². The van der Waals surface area contributed by atoms with Crippen molar-refractivity contribution in [1.82, 2.24) is 15.3 Å². The molecule has 0 saturated carbocycles. The molecule has 1 fully saturated rings. The number of anilines is 1. The summed E-state index contributed by atoms with van der Waals surface area (Å²) in [6.45, 7) is 6.31. The number of pyridine rings is 1. The van der Waals surface area contributed by atoms with E-state index in [-0.39, 0.29) is 12.1 Å². The molecule has 0 aliphatic carbocycles. The van der Waals surface area contributed by atoms with E-state index in [0.717, 1.165) is 27.9 Å². The first-order valence-corrected chi connectivity index (χ1v) is 9.19. The molecule has 0 unspecified atom stereocenters. The highest BCUT2D eigenvalue weighted by molar-refractivity contribution is 7.80. The second-order valence-corrected chi connectivity index (χ2v) is 7.25. The first-order chi connectivity index (χ1) is 12.5. The van der Waals surface area contributed by atoms with Crippen molar-refractivity contribution < 1.29 is 0 Å². The smallest absolute Gasteiger partial charge is 0.174 e. The number of aryl methyl sites for hydroxylation is 3. The van der Waals surface area contributed by atoms with Crippen molar-refractivity contribution in [1.29, 1.82) is 0 Å².